The van der Waals surface area contributed by atoms with E-state index in [1.165, 1.54) is 0 Å². The van der Waals surface area contributed by atoms with Crippen LogP contribution in [0.3, 0.4) is 0 Å². The summed E-state index contributed by atoms with van der Waals surface area (Å²) >= 11 is 1.10. The van der Waals surface area contributed by atoms with Crippen LogP contribution in [0.5, 0.6) is 0 Å². The van der Waals surface area contributed by atoms with Crippen molar-refractivity contribution in [3.05, 3.63) is 0 Å². The molecule has 0 aromatic rings. The van der Waals surface area contributed by atoms with Gasteiger partial charge in [-0.15, -0.1) is 0 Å². The highest BCUT2D eigenvalue weighted by atomic mass is 32.2. The molecule has 0 aliphatic carbocycles. The number of hydrogen-bond donors (Lipinski definition) is 4. The van der Waals surface area contributed by atoms with Crippen LogP contribution in [-0.2, 0) is 8.92 Å². The van der Waals surface area contributed by atoms with Crippen LogP contribution in [0.4, 0.5) is 0 Å². The van der Waals surface area contributed by atoms with Gasteiger partial charge in [-0.3, -0.25) is 4.18 Å². The van der Waals surface area contributed by atoms with E-state index in [2.05, 4.69) is 0 Å². The first-order chi connectivity index (χ1) is 7.47. The molecule has 1 saturated heterocycles. The number of rotatable bonds is 4. The number of aliphatic hydroxyl groups excluding tert-OH is 4. The average Bonchev–Trinajstić information content (AvgIpc) is 2.25. The molecule has 0 radical (unpaired) electrons. The van der Waals surface area contributed by atoms with Crippen molar-refractivity contribution in [2.24, 2.45) is 0 Å². The smallest absolute Gasteiger partial charge is 0.199 e. The zero-order valence-electron chi connectivity index (χ0n) is 9.18. The molecule has 0 saturated carbocycles. The van der Waals surface area contributed by atoms with Gasteiger partial charge in [-0.25, -0.2) is 0 Å². The first-order valence-electron chi connectivity index (χ1n) is 5.10. The maximum absolute atomic E-state index is 9.58. The molecule has 0 spiro atoms. The summed E-state index contributed by atoms with van der Waals surface area (Å²) in [6.45, 7) is 3.35. The van der Waals surface area contributed by atoms with Crippen molar-refractivity contribution in [2.45, 2.75) is 49.8 Å². The van der Waals surface area contributed by atoms with Gasteiger partial charge in [0.15, 0.2) is 6.29 Å². The molecule has 1 aliphatic rings. The lowest BCUT2D eigenvalue weighted by Gasteiger charge is -2.39. The van der Waals surface area contributed by atoms with Gasteiger partial charge in [-0.1, -0.05) is 13.8 Å². The largest absolute Gasteiger partial charge is 0.394 e. The van der Waals surface area contributed by atoms with Crippen LogP contribution in [0.1, 0.15) is 13.8 Å². The van der Waals surface area contributed by atoms with E-state index in [0.717, 1.165) is 12.0 Å². The van der Waals surface area contributed by atoms with Gasteiger partial charge in [0.05, 0.1) is 6.61 Å². The van der Waals surface area contributed by atoms with Crippen LogP contribution in [0, 0.1) is 0 Å². The van der Waals surface area contributed by atoms with Crippen LogP contribution in [0.2, 0.25) is 0 Å². The second kappa shape index (κ2) is 6.15. The van der Waals surface area contributed by atoms with Crippen molar-refractivity contribution in [3.63, 3.8) is 0 Å². The molecule has 16 heavy (non-hydrogen) atoms. The first-order valence-corrected chi connectivity index (χ1v) is 5.90. The third kappa shape index (κ3) is 3.30. The molecule has 1 rings (SSSR count). The lowest BCUT2D eigenvalue weighted by molar-refractivity contribution is -0.274. The minimum atomic E-state index is -1.39. The Kier molecular flexibility index (Phi) is 5.45. The van der Waals surface area contributed by atoms with Gasteiger partial charge >= 0.3 is 0 Å². The summed E-state index contributed by atoms with van der Waals surface area (Å²) in [4.78, 5) is 0. The molecule has 6 nitrogen and oxygen atoms in total. The third-order valence-electron chi connectivity index (χ3n) is 2.19. The van der Waals surface area contributed by atoms with E-state index < -0.39 is 37.3 Å². The summed E-state index contributed by atoms with van der Waals surface area (Å²) in [5, 5.41) is 37.6. The van der Waals surface area contributed by atoms with Gasteiger partial charge in [-0.05, 0) is 12.0 Å². The quantitative estimate of drug-likeness (QED) is 0.471. The molecule has 1 aliphatic heterocycles. The molecule has 7 heteroatoms. The van der Waals surface area contributed by atoms with E-state index in [-0.39, 0.29) is 5.25 Å². The molecule has 4 N–H and O–H groups in total. The van der Waals surface area contributed by atoms with E-state index >= 15 is 0 Å². The fraction of sp³-hybridized carbons (Fsp3) is 1.00. The van der Waals surface area contributed by atoms with Crippen LogP contribution in [0.25, 0.3) is 0 Å². The Hall–Kier alpha value is 0.110. The minimum Gasteiger partial charge on any atom is -0.394 e. The van der Waals surface area contributed by atoms with Crippen LogP contribution in [0.15, 0.2) is 0 Å². The molecule has 0 aromatic carbocycles. The summed E-state index contributed by atoms with van der Waals surface area (Å²) in [6.07, 6.45) is -6.03. The van der Waals surface area contributed by atoms with E-state index in [4.69, 9.17) is 14.0 Å². The summed E-state index contributed by atoms with van der Waals surface area (Å²) in [6, 6.07) is 0. The maximum atomic E-state index is 9.58. The summed E-state index contributed by atoms with van der Waals surface area (Å²) < 4.78 is 10.3. The lowest BCUT2D eigenvalue weighted by atomic mass is 10.00. The molecule has 0 bridgehead atoms. The highest BCUT2D eigenvalue weighted by Crippen LogP contribution is 2.26. The van der Waals surface area contributed by atoms with Crippen LogP contribution in [-0.4, -0.2) is 63.0 Å². The fourth-order valence-electron chi connectivity index (χ4n) is 1.31. The molecule has 0 amide bonds. The van der Waals surface area contributed by atoms with Crippen molar-refractivity contribution >= 4 is 12.0 Å². The van der Waals surface area contributed by atoms with Gasteiger partial charge < -0.3 is 25.2 Å². The normalized spacial score (nSPS) is 40.3. The second-order valence-electron chi connectivity index (χ2n) is 3.94. The topological polar surface area (TPSA) is 99.4 Å². The summed E-state index contributed by atoms with van der Waals surface area (Å²) in [5.41, 5.74) is 0. The van der Waals surface area contributed by atoms with E-state index in [1.54, 1.807) is 0 Å². The number of aliphatic hydroxyl groups is 4. The van der Waals surface area contributed by atoms with Crippen molar-refractivity contribution in [2.75, 3.05) is 6.61 Å². The standard InChI is InChI=1S/C9H18O6S/c1-4(2)16-15-9-8(13)7(12)6(11)5(3-10)14-9/h4-13H,3H2,1-2H3/t5-,6+,7+,8-,9-/m1/s1. The SMILES string of the molecule is CC(C)SO[C@H]1O[C@H](CO)[C@H](O)[C@H](O)[C@H]1O. The third-order valence-corrected chi connectivity index (χ3v) is 2.88. The Bertz CT molecular complexity index is 212. The Balaban J connectivity index is 2.56. The molecule has 0 unspecified atom stereocenters. The molecule has 96 valence electrons. The highest BCUT2D eigenvalue weighted by Gasteiger charge is 2.44. The molecule has 1 heterocycles. The Morgan fingerprint density at radius 2 is 1.81 bits per heavy atom. The number of ether oxygens (including phenoxy) is 1. The van der Waals surface area contributed by atoms with Gasteiger partial charge in [-0.2, -0.15) is 0 Å². The molecule has 5 atom stereocenters. The predicted octanol–water partition coefficient (Wildman–Crippen LogP) is -1.14. The Labute approximate surface area is 98.4 Å². The zero-order valence-corrected chi connectivity index (χ0v) is 10.0. The Morgan fingerprint density at radius 3 is 2.31 bits per heavy atom. The highest BCUT2D eigenvalue weighted by molar-refractivity contribution is 7.95. The fourth-order valence-corrected chi connectivity index (χ4v) is 1.80. The molecular formula is C9H18O6S. The van der Waals surface area contributed by atoms with E-state index in [9.17, 15) is 15.3 Å². The maximum Gasteiger partial charge on any atom is 0.199 e. The van der Waals surface area contributed by atoms with Gasteiger partial charge in [0.25, 0.3) is 0 Å². The monoisotopic (exact) mass is 254 g/mol. The van der Waals surface area contributed by atoms with Gasteiger partial charge in [0, 0.05) is 5.25 Å². The van der Waals surface area contributed by atoms with Gasteiger partial charge in [0.1, 0.15) is 24.4 Å². The summed E-state index contributed by atoms with van der Waals surface area (Å²) in [5.74, 6) is 0. The molecule has 1 fully saturated rings. The van der Waals surface area contributed by atoms with E-state index in [1.807, 2.05) is 13.8 Å². The van der Waals surface area contributed by atoms with Crippen molar-refractivity contribution in [1.29, 1.82) is 0 Å². The minimum absolute atomic E-state index is 0.173. The van der Waals surface area contributed by atoms with Crippen LogP contribution < -0.4 is 0 Å². The second-order valence-corrected chi connectivity index (χ2v) is 5.27. The average molecular weight is 254 g/mol. The first kappa shape index (κ1) is 14.2. The van der Waals surface area contributed by atoms with Gasteiger partial charge in [0.2, 0.25) is 0 Å². The van der Waals surface area contributed by atoms with Crippen molar-refractivity contribution in [3.8, 4) is 0 Å². The Morgan fingerprint density at radius 1 is 1.19 bits per heavy atom. The summed E-state index contributed by atoms with van der Waals surface area (Å²) in [7, 11) is 0. The van der Waals surface area contributed by atoms with Crippen LogP contribution >= 0.6 is 12.0 Å². The predicted molar refractivity (Wildman–Crippen MR) is 57.6 cm³/mol. The zero-order chi connectivity index (χ0) is 12.3. The van der Waals surface area contributed by atoms with Crippen molar-refractivity contribution in [1.82, 2.24) is 0 Å². The van der Waals surface area contributed by atoms with E-state index in [0.29, 0.717) is 0 Å². The van der Waals surface area contributed by atoms with Crippen molar-refractivity contribution < 1.29 is 29.3 Å². The lowest BCUT2D eigenvalue weighted by Crippen LogP contribution is -2.58. The molecule has 0 aromatic heterocycles. The molecular weight excluding hydrogens is 236 g/mol. The number of hydrogen-bond acceptors (Lipinski definition) is 7.